The van der Waals surface area contributed by atoms with Crippen molar-refractivity contribution in [1.82, 2.24) is 4.98 Å². The van der Waals surface area contributed by atoms with E-state index in [4.69, 9.17) is 9.84 Å². The Morgan fingerprint density at radius 2 is 2.30 bits per heavy atom. The van der Waals surface area contributed by atoms with Crippen LogP contribution in [0, 0.1) is 5.82 Å². The number of anilines is 1. The maximum absolute atomic E-state index is 13.6. The highest BCUT2D eigenvalue weighted by molar-refractivity contribution is 5.92. The van der Waals surface area contributed by atoms with Gasteiger partial charge in [-0.1, -0.05) is 0 Å². The number of carboxylic acids is 1. The van der Waals surface area contributed by atoms with E-state index in [1.54, 1.807) is 18.3 Å². The molecule has 0 fully saturated rings. The number of fused-ring (bicyclic) bond motifs is 1. The van der Waals surface area contributed by atoms with Crippen LogP contribution in [0.4, 0.5) is 10.1 Å². The van der Waals surface area contributed by atoms with Crippen LogP contribution in [0.15, 0.2) is 24.4 Å². The van der Waals surface area contributed by atoms with Crippen LogP contribution >= 0.6 is 0 Å². The third kappa shape index (κ3) is 3.14. The van der Waals surface area contributed by atoms with E-state index in [2.05, 4.69) is 10.3 Å². The van der Waals surface area contributed by atoms with Crippen molar-refractivity contribution in [3.05, 3.63) is 30.2 Å². The first kappa shape index (κ1) is 14.0. The first-order chi connectivity index (χ1) is 9.61. The van der Waals surface area contributed by atoms with E-state index in [1.165, 1.54) is 13.2 Å². The van der Waals surface area contributed by atoms with Gasteiger partial charge in [0.05, 0.1) is 12.6 Å². The Morgan fingerprint density at radius 1 is 1.50 bits per heavy atom. The summed E-state index contributed by atoms with van der Waals surface area (Å²) in [4.78, 5) is 14.6. The van der Waals surface area contributed by atoms with Crippen LogP contribution in [0.3, 0.4) is 0 Å². The number of nitrogens with one attached hydrogen (secondary N) is 1. The van der Waals surface area contributed by atoms with Gasteiger partial charge in [-0.25, -0.2) is 4.39 Å². The molecule has 0 unspecified atom stereocenters. The summed E-state index contributed by atoms with van der Waals surface area (Å²) in [5, 5.41) is 12.5. The van der Waals surface area contributed by atoms with E-state index in [1.807, 2.05) is 0 Å². The van der Waals surface area contributed by atoms with E-state index < -0.39 is 11.8 Å². The number of nitrogens with zero attached hydrogens (tertiary/aromatic N) is 1. The number of benzene rings is 1. The van der Waals surface area contributed by atoms with Crippen molar-refractivity contribution in [2.75, 3.05) is 19.0 Å². The number of carboxylic acid groups (broad SMARTS) is 1. The maximum atomic E-state index is 13.6. The zero-order chi connectivity index (χ0) is 14.5. The molecule has 0 aliphatic heterocycles. The van der Waals surface area contributed by atoms with E-state index in [-0.39, 0.29) is 12.2 Å². The highest BCUT2D eigenvalue weighted by Crippen LogP contribution is 2.28. The maximum Gasteiger partial charge on any atom is 0.303 e. The minimum atomic E-state index is -0.824. The molecular weight excluding hydrogens is 263 g/mol. The van der Waals surface area contributed by atoms with Gasteiger partial charge < -0.3 is 15.2 Å². The minimum absolute atomic E-state index is 0.105. The topological polar surface area (TPSA) is 71.5 Å². The molecule has 0 bridgehead atoms. The Labute approximate surface area is 115 Å². The molecule has 2 N–H and O–H groups in total. The molecule has 0 spiro atoms. The smallest absolute Gasteiger partial charge is 0.303 e. The second-order valence-electron chi connectivity index (χ2n) is 4.29. The van der Waals surface area contributed by atoms with Gasteiger partial charge in [-0.05, 0) is 18.6 Å². The number of hydrogen-bond donors (Lipinski definition) is 2. The lowest BCUT2D eigenvalue weighted by Gasteiger charge is -2.10. The predicted molar refractivity (Wildman–Crippen MR) is 73.6 cm³/mol. The minimum Gasteiger partial charge on any atom is -0.494 e. The average Bonchev–Trinajstić information content (AvgIpc) is 2.42. The van der Waals surface area contributed by atoms with Crippen LogP contribution in [0.1, 0.15) is 12.8 Å². The first-order valence-corrected chi connectivity index (χ1v) is 6.19. The van der Waals surface area contributed by atoms with Crippen molar-refractivity contribution in [1.29, 1.82) is 0 Å². The molecule has 0 saturated carbocycles. The van der Waals surface area contributed by atoms with Gasteiger partial charge in [0.25, 0.3) is 0 Å². The quantitative estimate of drug-likeness (QED) is 0.795. The lowest BCUT2D eigenvalue weighted by Crippen LogP contribution is -2.05. The Bertz CT molecular complexity index is 631. The Balaban J connectivity index is 2.22. The summed E-state index contributed by atoms with van der Waals surface area (Å²) < 4.78 is 18.6. The second-order valence-corrected chi connectivity index (χ2v) is 4.29. The number of aliphatic carboxylic acids is 1. The van der Waals surface area contributed by atoms with Crippen LogP contribution in [-0.4, -0.2) is 29.7 Å². The lowest BCUT2D eigenvalue weighted by molar-refractivity contribution is -0.137. The van der Waals surface area contributed by atoms with Gasteiger partial charge in [-0.15, -0.1) is 0 Å². The largest absolute Gasteiger partial charge is 0.494 e. The van der Waals surface area contributed by atoms with E-state index in [9.17, 15) is 9.18 Å². The number of pyridine rings is 1. The van der Waals surface area contributed by atoms with E-state index in [0.29, 0.717) is 18.5 Å². The summed E-state index contributed by atoms with van der Waals surface area (Å²) in [7, 11) is 1.40. The number of hydrogen-bond acceptors (Lipinski definition) is 4. The van der Waals surface area contributed by atoms with E-state index >= 15 is 0 Å². The summed E-state index contributed by atoms with van der Waals surface area (Å²) >= 11 is 0. The summed E-state index contributed by atoms with van der Waals surface area (Å²) in [5.74, 6) is -1.13. The predicted octanol–water partition coefficient (Wildman–Crippen LogP) is 2.66. The fourth-order valence-electron chi connectivity index (χ4n) is 1.92. The first-order valence-electron chi connectivity index (χ1n) is 6.19. The fourth-order valence-corrected chi connectivity index (χ4v) is 1.92. The number of aromatic nitrogens is 1. The molecule has 1 aromatic carbocycles. The standard InChI is InChI=1S/C14H15FN2O3/c1-20-13-7-9-11(16-5-2-3-14(18)19)4-6-17-12(9)8-10(13)15/h4,6-8H,2-3,5H2,1H3,(H,16,17)(H,18,19). The molecule has 0 radical (unpaired) electrons. The molecule has 20 heavy (non-hydrogen) atoms. The number of halogens is 1. The molecule has 106 valence electrons. The molecule has 0 saturated heterocycles. The summed E-state index contributed by atoms with van der Waals surface area (Å²) in [6.07, 6.45) is 2.19. The van der Waals surface area contributed by atoms with Gasteiger partial charge in [0.2, 0.25) is 0 Å². The Morgan fingerprint density at radius 3 is 3.00 bits per heavy atom. The van der Waals surface area contributed by atoms with Crippen molar-refractivity contribution in [3.8, 4) is 5.75 Å². The number of methoxy groups -OCH3 is 1. The molecule has 6 heteroatoms. The summed E-state index contributed by atoms with van der Waals surface area (Å²) in [5.41, 5.74) is 1.30. The third-order valence-corrected chi connectivity index (χ3v) is 2.90. The number of rotatable bonds is 6. The van der Waals surface area contributed by atoms with E-state index in [0.717, 1.165) is 11.1 Å². The molecule has 2 aromatic rings. The fraction of sp³-hybridized carbons (Fsp3) is 0.286. The second kappa shape index (κ2) is 6.18. The lowest BCUT2D eigenvalue weighted by atomic mass is 10.1. The highest BCUT2D eigenvalue weighted by Gasteiger charge is 2.09. The van der Waals surface area contributed by atoms with Gasteiger partial charge in [0.15, 0.2) is 11.6 Å². The molecule has 1 heterocycles. The van der Waals surface area contributed by atoms with Gasteiger partial charge >= 0.3 is 5.97 Å². The highest BCUT2D eigenvalue weighted by atomic mass is 19.1. The zero-order valence-electron chi connectivity index (χ0n) is 11.0. The molecule has 0 aliphatic rings. The monoisotopic (exact) mass is 278 g/mol. The molecule has 0 atom stereocenters. The molecule has 0 aliphatic carbocycles. The average molecular weight is 278 g/mol. The molecule has 2 rings (SSSR count). The summed E-state index contributed by atoms with van der Waals surface area (Å²) in [6.45, 7) is 0.519. The van der Waals surface area contributed by atoms with Crippen molar-refractivity contribution in [2.24, 2.45) is 0 Å². The third-order valence-electron chi connectivity index (χ3n) is 2.90. The van der Waals surface area contributed by atoms with Crippen molar-refractivity contribution >= 4 is 22.6 Å². The van der Waals surface area contributed by atoms with Gasteiger partial charge in [-0.2, -0.15) is 0 Å². The van der Waals surface area contributed by atoms with Crippen LogP contribution in [0.25, 0.3) is 10.9 Å². The van der Waals surface area contributed by atoms with Gasteiger partial charge in [-0.3, -0.25) is 9.78 Å². The number of ether oxygens (including phenoxy) is 1. The van der Waals surface area contributed by atoms with Crippen molar-refractivity contribution in [2.45, 2.75) is 12.8 Å². The zero-order valence-corrected chi connectivity index (χ0v) is 11.0. The summed E-state index contributed by atoms with van der Waals surface area (Å²) in [6, 6.07) is 4.66. The molecular formula is C14H15FN2O3. The Hall–Kier alpha value is -2.37. The molecule has 1 aromatic heterocycles. The molecule has 0 amide bonds. The number of carbonyl (C=O) groups is 1. The normalized spacial score (nSPS) is 10.5. The van der Waals surface area contributed by atoms with Gasteiger partial charge in [0, 0.05) is 36.3 Å². The Kier molecular flexibility index (Phi) is 4.34. The van der Waals surface area contributed by atoms with Crippen LogP contribution in [0.2, 0.25) is 0 Å². The van der Waals surface area contributed by atoms with Crippen molar-refractivity contribution in [3.63, 3.8) is 0 Å². The van der Waals surface area contributed by atoms with Crippen LogP contribution in [-0.2, 0) is 4.79 Å². The SMILES string of the molecule is COc1cc2c(NCCCC(=O)O)ccnc2cc1F. The van der Waals surface area contributed by atoms with Crippen LogP contribution in [0.5, 0.6) is 5.75 Å². The molecule has 5 nitrogen and oxygen atoms in total. The van der Waals surface area contributed by atoms with Crippen LogP contribution < -0.4 is 10.1 Å². The van der Waals surface area contributed by atoms with Gasteiger partial charge in [0.1, 0.15) is 0 Å². The van der Waals surface area contributed by atoms with Crippen molar-refractivity contribution < 1.29 is 19.0 Å².